The van der Waals surface area contributed by atoms with E-state index in [0.29, 0.717) is 34.3 Å². The van der Waals surface area contributed by atoms with Gasteiger partial charge < -0.3 is 107 Å². The Kier molecular flexibility index (Phi) is 35.0. The molecule has 98 heavy (non-hydrogen) atoms. The first-order chi connectivity index (χ1) is 46.3. The number of carbonyl (C=O) groups is 13. The molecular formula is C61H97N21O15S. The number of guanidine groups is 2. The van der Waals surface area contributed by atoms with Crippen LogP contribution in [0.5, 0.6) is 0 Å². The highest BCUT2D eigenvalue weighted by molar-refractivity contribution is 7.98. The van der Waals surface area contributed by atoms with Crippen LogP contribution >= 0.6 is 11.8 Å². The molecule has 542 valence electrons. The molecule has 0 saturated carbocycles. The minimum absolute atomic E-state index is 0.00457. The van der Waals surface area contributed by atoms with Crippen LogP contribution < -0.4 is 87.2 Å². The zero-order valence-electron chi connectivity index (χ0n) is 56.3. The van der Waals surface area contributed by atoms with Gasteiger partial charge >= 0.3 is 11.9 Å². The van der Waals surface area contributed by atoms with Crippen molar-refractivity contribution in [2.24, 2.45) is 56.4 Å². The van der Waals surface area contributed by atoms with E-state index in [9.17, 15) is 62.3 Å². The highest BCUT2D eigenvalue weighted by Crippen LogP contribution is 2.20. The molecule has 3 rings (SSSR count). The highest BCUT2D eigenvalue weighted by atomic mass is 32.2. The lowest BCUT2D eigenvalue weighted by atomic mass is 9.96. The van der Waals surface area contributed by atoms with Gasteiger partial charge in [-0.3, -0.25) is 72.3 Å². The molecule has 11 atom stereocenters. The monoisotopic (exact) mass is 1400 g/mol. The van der Waals surface area contributed by atoms with Crippen molar-refractivity contribution in [3.63, 3.8) is 0 Å². The Bertz CT molecular complexity index is 3260. The summed E-state index contributed by atoms with van der Waals surface area (Å²) in [7, 11) is 0. The zero-order valence-corrected chi connectivity index (χ0v) is 57.1. The molecule has 25 N–H and O–H groups in total. The number of carboxylic acid groups (broad SMARTS) is 2. The highest BCUT2D eigenvalue weighted by Gasteiger charge is 2.37. The number of aliphatic imine (C=N–C) groups is 2. The van der Waals surface area contributed by atoms with Gasteiger partial charge in [-0.2, -0.15) is 11.8 Å². The van der Waals surface area contributed by atoms with E-state index in [-0.39, 0.29) is 70.0 Å². The third-order valence-corrected chi connectivity index (χ3v) is 16.0. The fraction of sp³-hybridized carbons (Fsp3) is 0.574. The molecule has 0 aliphatic heterocycles. The van der Waals surface area contributed by atoms with Crippen LogP contribution in [0.2, 0.25) is 0 Å². The average Bonchev–Trinajstić information content (AvgIpc) is 1.65. The molecule has 0 spiro atoms. The number of carboxylic acids is 2. The van der Waals surface area contributed by atoms with Crippen molar-refractivity contribution in [2.45, 2.75) is 167 Å². The van der Waals surface area contributed by atoms with Crippen molar-refractivity contribution < 1.29 is 72.5 Å². The predicted octanol–water partition coefficient (Wildman–Crippen LogP) is -4.60. The van der Waals surface area contributed by atoms with Crippen LogP contribution in [-0.4, -0.2) is 213 Å². The maximum atomic E-state index is 14.9. The van der Waals surface area contributed by atoms with Crippen molar-refractivity contribution in [2.75, 3.05) is 38.2 Å². The number of fused-ring (bicyclic) bond motifs is 1. The van der Waals surface area contributed by atoms with Crippen molar-refractivity contribution in [1.29, 1.82) is 0 Å². The summed E-state index contributed by atoms with van der Waals surface area (Å²) in [5.41, 5.74) is 29.4. The number of imidazole rings is 1. The summed E-state index contributed by atoms with van der Waals surface area (Å²) in [4.78, 5) is 194. The Morgan fingerprint density at radius 2 is 1.04 bits per heavy atom. The lowest BCUT2D eigenvalue weighted by molar-refractivity contribution is -0.139. The smallest absolute Gasteiger partial charge is 0.322 e. The van der Waals surface area contributed by atoms with E-state index < -0.39 is 175 Å². The number of aromatic amines is 2. The summed E-state index contributed by atoms with van der Waals surface area (Å²) < 4.78 is 0. The Morgan fingerprint density at radius 1 is 0.551 bits per heavy atom. The van der Waals surface area contributed by atoms with Gasteiger partial charge in [-0.05, 0) is 80.4 Å². The van der Waals surface area contributed by atoms with Gasteiger partial charge in [0.25, 0.3) is 0 Å². The minimum Gasteiger partial charge on any atom is -0.481 e. The zero-order chi connectivity index (χ0) is 73.3. The largest absolute Gasteiger partial charge is 0.481 e. The van der Waals surface area contributed by atoms with Gasteiger partial charge in [-0.25, -0.2) is 4.98 Å². The number of benzene rings is 1. The number of nitrogens with two attached hydrogens (primary N) is 5. The maximum absolute atomic E-state index is 14.9. The fourth-order valence-electron chi connectivity index (χ4n) is 9.71. The van der Waals surface area contributed by atoms with Gasteiger partial charge in [0.2, 0.25) is 65.0 Å². The molecule has 0 radical (unpaired) electrons. The molecule has 0 fully saturated rings. The van der Waals surface area contributed by atoms with Crippen LogP contribution in [0.3, 0.4) is 0 Å². The standard InChI is InChI=1S/C61H97N21O15S/c1-9-32(6)49(59(97)77-41(18-21-98-8)52(90)72-28-46(86)87)82-58(96)48(31(4)5)80-50(88)33(7)74-57(95)47(30(2)3)81-54(92)40(17-13-20-69-61(65)66)76-56(94)43(23-35-26-67-29-73-35)79-55(93)42(22-34-25-70-38-15-11-10-14-36(34)38)78-53(91)39(16-12-19-68-60(63)64)75-44(83)27-71-51(89)37(62)24-45(84)85/h10-11,14-15,25-26,29-33,37,39-43,47-49,70H,9,12-13,16-24,27-28,62H2,1-8H3,(H,67,73)(H,71,89)(H,72,90)(H,74,95)(H,75,83)(H,76,94)(H,77,97)(H,78,91)(H,79,93)(H,80,88)(H,81,92)(H,82,96)(H,84,85)(H,86,87)(H4,63,64,68)(H4,65,66,69)/t32-,33-,37-,39-,40-,41-,42-,43-,47-,48-,49-/m0/s1. The van der Waals surface area contributed by atoms with Crippen molar-refractivity contribution in [1.82, 2.24) is 73.4 Å². The van der Waals surface area contributed by atoms with Crippen molar-refractivity contribution >= 4 is 112 Å². The Hall–Kier alpha value is -10.1. The third-order valence-electron chi connectivity index (χ3n) is 15.4. The number of thioether (sulfide) groups is 1. The van der Waals surface area contributed by atoms with E-state index in [4.69, 9.17) is 38.9 Å². The van der Waals surface area contributed by atoms with Crippen LogP contribution in [0, 0.1) is 17.8 Å². The van der Waals surface area contributed by atoms with Gasteiger partial charge in [0.15, 0.2) is 11.9 Å². The van der Waals surface area contributed by atoms with Gasteiger partial charge in [-0.15, -0.1) is 0 Å². The van der Waals surface area contributed by atoms with E-state index in [1.54, 1.807) is 78.3 Å². The van der Waals surface area contributed by atoms with Crippen LogP contribution in [0.4, 0.5) is 0 Å². The summed E-state index contributed by atoms with van der Waals surface area (Å²) in [5.74, 6) is -13.9. The van der Waals surface area contributed by atoms with Crippen LogP contribution in [0.1, 0.15) is 105 Å². The second-order valence-corrected chi connectivity index (χ2v) is 25.0. The van der Waals surface area contributed by atoms with Crippen LogP contribution in [0.15, 0.2) is 53.0 Å². The minimum atomic E-state index is -1.55. The Morgan fingerprint density at radius 3 is 1.58 bits per heavy atom. The maximum Gasteiger partial charge on any atom is 0.322 e. The normalized spacial score (nSPS) is 14.5. The summed E-state index contributed by atoms with van der Waals surface area (Å²) >= 11 is 1.39. The second kappa shape index (κ2) is 41.8. The summed E-state index contributed by atoms with van der Waals surface area (Å²) in [6.45, 7) is 9.86. The summed E-state index contributed by atoms with van der Waals surface area (Å²) in [6, 6.07) is -6.72. The number of amides is 11. The van der Waals surface area contributed by atoms with Gasteiger partial charge in [0.1, 0.15) is 60.9 Å². The topological polar surface area (TPSA) is 594 Å². The lowest BCUT2D eigenvalue weighted by Gasteiger charge is -2.30. The average molecular weight is 1400 g/mol. The molecule has 0 aliphatic rings. The molecule has 2 aromatic heterocycles. The number of para-hydroxylation sites is 1. The predicted molar refractivity (Wildman–Crippen MR) is 363 cm³/mol. The van der Waals surface area contributed by atoms with E-state index in [2.05, 4.69) is 83.4 Å². The number of H-pyrrole nitrogens is 2. The number of aliphatic carboxylic acids is 2. The molecule has 0 saturated heterocycles. The van der Waals surface area contributed by atoms with Crippen LogP contribution in [0.25, 0.3) is 10.9 Å². The number of nitrogens with one attached hydrogen (secondary N) is 13. The molecule has 3 aromatic rings. The molecule has 0 unspecified atom stereocenters. The number of hydrogen-bond acceptors (Lipinski definition) is 18. The molecule has 37 heteroatoms. The molecule has 2 heterocycles. The number of hydrogen-bond donors (Lipinski definition) is 20. The lowest BCUT2D eigenvalue weighted by Crippen LogP contribution is -2.62. The molecule has 36 nitrogen and oxygen atoms in total. The first kappa shape index (κ1) is 82.2. The Labute approximate surface area is 570 Å². The summed E-state index contributed by atoms with van der Waals surface area (Å²) in [5, 5.41) is 47.2. The van der Waals surface area contributed by atoms with E-state index in [1.807, 2.05) is 0 Å². The van der Waals surface area contributed by atoms with Gasteiger partial charge in [0, 0.05) is 54.9 Å². The first-order valence-corrected chi connectivity index (χ1v) is 33.2. The number of nitrogens with zero attached hydrogens (tertiary/aromatic N) is 3. The summed E-state index contributed by atoms with van der Waals surface area (Å²) in [6.07, 6.45) is 5.34. The van der Waals surface area contributed by atoms with Gasteiger partial charge in [-0.1, -0.05) is 66.2 Å². The van der Waals surface area contributed by atoms with Gasteiger partial charge in [0.05, 0.1) is 25.3 Å². The molecule has 11 amide bonds. The second-order valence-electron chi connectivity index (χ2n) is 24.0. The quantitative estimate of drug-likeness (QED) is 0.0144. The third kappa shape index (κ3) is 28.7. The first-order valence-electron chi connectivity index (χ1n) is 31.9. The van der Waals surface area contributed by atoms with E-state index in [1.165, 1.54) is 31.2 Å². The Balaban J connectivity index is 1.95. The molecular weight excluding hydrogens is 1300 g/mol. The van der Waals surface area contributed by atoms with E-state index in [0.717, 1.165) is 0 Å². The van der Waals surface area contributed by atoms with Crippen molar-refractivity contribution in [3.8, 4) is 0 Å². The number of carbonyl (C=O) groups excluding carboxylic acids is 11. The number of aromatic nitrogens is 3. The van der Waals surface area contributed by atoms with Crippen LogP contribution in [-0.2, 0) is 75.2 Å². The SMILES string of the molecule is CC[C@H](C)[C@H](NC(=O)[C@@H](NC(=O)[C@H](C)NC(=O)[C@@H](NC(=O)[C@H](CCCN=C(N)N)NC(=O)[C@H](Cc1cnc[nH]1)NC(=O)[C@H](Cc1c[nH]c2ccccc12)NC(=O)[C@H](CCCN=C(N)N)NC(=O)CNC(=O)[C@@H](N)CC(=O)O)C(C)C)C(C)C)C(=O)N[C@@H](CCSC)C(=O)NCC(=O)O. The molecule has 1 aromatic carbocycles. The van der Waals surface area contributed by atoms with Crippen molar-refractivity contribution in [3.05, 3.63) is 54.2 Å². The number of rotatable bonds is 44. The molecule has 0 bridgehead atoms. The fourth-order valence-corrected chi connectivity index (χ4v) is 10.2. The van der Waals surface area contributed by atoms with E-state index >= 15 is 0 Å². The molecule has 0 aliphatic carbocycles.